The molecule has 0 spiro atoms. The van der Waals surface area contributed by atoms with Crippen LogP contribution in [0.15, 0.2) is 65.8 Å². The van der Waals surface area contributed by atoms with E-state index >= 15 is 0 Å². The minimum atomic E-state index is -0.181. The predicted molar refractivity (Wildman–Crippen MR) is 72.3 cm³/mol. The van der Waals surface area contributed by atoms with Gasteiger partial charge in [0.1, 0.15) is 0 Å². The van der Waals surface area contributed by atoms with Gasteiger partial charge >= 0.3 is 0 Å². The third-order valence-electron chi connectivity index (χ3n) is 2.42. The average molecular weight is 238 g/mol. The number of amides is 1. The van der Waals surface area contributed by atoms with Crippen molar-refractivity contribution < 1.29 is 4.79 Å². The zero-order chi connectivity index (χ0) is 12.8. The molecule has 3 nitrogen and oxygen atoms in total. The fourth-order valence-electron chi connectivity index (χ4n) is 1.62. The van der Waals surface area contributed by atoms with Gasteiger partial charge in [0.05, 0.1) is 5.71 Å². The molecule has 0 aliphatic carbocycles. The molecule has 0 unspecified atom stereocenters. The summed E-state index contributed by atoms with van der Waals surface area (Å²) in [6, 6.07) is 19.5. The lowest BCUT2D eigenvalue weighted by Gasteiger charge is -2.06. The van der Waals surface area contributed by atoms with Gasteiger partial charge in [-0.1, -0.05) is 60.7 Å². The van der Waals surface area contributed by atoms with Crippen LogP contribution in [0, 0.1) is 0 Å². The summed E-state index contributed by atoms with van der Waals surface area (Å²) in [6.07, 6.45) is 0. The van der Waals surface area contributed by atoms with E-state index < -0.39 is 0 Å². The lowest BCUT2D eigenvalue weighted by Crippen LogP contribution is -2.17. The largest absolute Gasteiger partial charge is 0.274 e. The highest BCUT2D eigenvalue weighted by Crippen LogP contribution is 2.10. The van der Waals surface area contributed by atoms with Crippen LogP contribution in [0.25, 0.3) is 0 Å². The van der Waals surface area contributed by atoms with E-state index in [1.165, 1.54) is 6.92 Å². The van der Waals surface area contributed by atoms with Crippen molar-refractivity contribution in [1.82, 2.24) is 5.43 Å². The molecule has 2 aromatic rings. The number of rotatable bonds is 3. The SMILES string of the molecule is CC(=O)NN=C(c1ccccc1)c1ccccc1. The number of hydrazone groups is 1. The first kappa shape index (κ1) is 12.0. The first-order valence-electron chi connectivity index (χ1n) is 5.72. The molecule has 0 saturated heterocycles. The Hall–Kier alpha value is -2.42. The molecule has 0 radical (unpaired) electrons. The van der Waals surface area contributed by atoms with Crippen molar-refractivity contribution in [3.05, 3.63) is 71.8 Å². The second kappa shape index (κ2) is 5.77. The van der Waals surface area contributed by atoms with E-state index in [4.69, 9.17) is 0 Å². The molecule has 0 bridgehead atoms. The van der Waals surface area contributed by atoms with Crippen molar-refractivity contribution in [1.29, 1.82) is 0 Å². The van der Waals surface area contributed by atoms with E-state index in [0.717, 1.165) is 16.8 Å². The smallest absolute Gasteiger partial charge is 0.236 e. The van der Waals surface area contributed by atoms with Crippen LogP contribution in [0.3, 0.4) is 0 Å². The van der Waals surface area contributed by atoms with E-state index in [1.54, 1.807) is 0 Å². The molecular weight excluding hydrogens is 224 g/mol. The van der Waals surface area contributed by atoms with Crippen molar-refractivity contribution >= 4 is 11.6 Å². The minimum Gasteiger partial charge on any atom is -0.274 e. The Labute approximate surface area is 106 Å². The average Bonchev–Trinajstić information content (AvgIpc) is 2.41. The van der Waals surface area contributed by atoms with E-state index in [0.29, 0.717) is 0 Å². The van der Waals surface area contributed by atoms with E-state index in [-0.39, 0.29) is 5.91 Å². The molecule has 0 aromatic heterocycles. The van der Waals surface area contributed by atoms with Crippen LogP contribution >= 0.6 is 0 Å². The summed E-state index contributed by atoms with van der Waals surface area (Å²) in [6.45, 7) is 1.44. The van der Waals surface area contributed by atoms with Crippen LogP contribution in [0.2, 0.25) is 0 Å². The molecule has 3 heteroatoms. The summed E-state index contributed by atoms with van der Waals surface area (Å²) in [4.78, 5) is 11.0. The normalized spacial score (nSPS) is 9.61. The summed E-state index contributed by atoms with van der Waals surface area (Å²) in [5, 5.41) is 4.18. The molecule has 18 heavy (non-hydrogen) atoms. The Balaban J connectivity index is 2.42. The first-order chi connectivity index (χ1) is 8.77. The highest BCUT2D eigenvalue weighted by Gasteiger charge is 2.06. The zero-order valence-electron chi connectivity index (χ0n) is 10.1. The Kier molecular flexibility index (Phi) is 3.86. The number of nitrogens with one attached hydrogen (secondary N) is 1. The molecule has 1 N–H and O–H groups in total. The van der Waals surface area contributed by atoms with Gasteiger partial charge in [0.15, 0.2) is 0 Å². The predicted octanol–water partition coefficient (Wildman–Crippen LogP) is 2.58. The van der Waals surface area contributed by atoms with Crippen LogP contribution in [0.4, 0.5) is 0 Å². The Morgan fingerprint density at radius 1 is 0.889 bits per heavy atom. The van der Waals surface area contributed by atoms with Crippen LogP contribution in [-0.4, -0.2) is 11.6 Å². The third kappa shape index (κ3) is 3.04. The lowest BCUT2D eigenvalue weighted by molar-refractivity contribution is -0.118. The Morgan fingerprint density at radius 3 is 1.72 bits per heavy atom. The number of hydrogen-bond acceptors (Lipinski definition) is 2. The molecular formula is C15H14N2O. The van der Waals surface area contributed by atoms with Crippen molar-refractivity contribution in [3.8, 4) is 0 Å². The van der Waals surface area contributed by atoms with Gasteiger partial charge < -0.3 is 0 Å². The molecule has 0 atom stereocenters. The number of nitrogens with zero attached hydrogens (tertiary/aromatic N) is 1. The molecule has 0 aliphatic heterocycles. The van der Waals surface area contributed by atoms with Gasteiger partial charge in [-0.25, -0.2) is 5.43 Å². The van der Waals surface area contributed by atoms with Crippen molar-refractivity contribution in [2.75, 3.05) is 0 Å². The standard InChI is InChI=1S/C15H14N2O/c1-12(18)16-17-15(13-8-4-2-5-9-13)14-10-6-3-7-11-14/h2-11H,1H3,(H,16,18). The summed E-state index contributed by atoms with van der Waals surface area (Å²) < 4.78 is 0. The van der Waals surface area contributed by atoms with Gasteiger partial charge in [0.25, 0.3) is 0 Å². The summed E-state index contributed by atoms with van der Waals surface area (Å²) in [5.74, 6) is -0.181. The van der Waals surface area contributed by atoms with Crippen LogP contribution in [-0.2, 0) is 4.79 Å². The maximum Gasteiger partial charge on any atom is 0.236 e. The van der Waals surface area contributed by atoms with Crippen LogP contribution in [0.5, 0.6) is 0 Å². The maximum absolute atomic E-state index is 11.0. The Bertz CT molecular complexity index is 506. The lowest BCUT2D eigenvalue weighted by atomic mass is 10.0. The monoisotopic (exact) mass is 238 g/mol. The number of benzene rings is 2. The number of hydrogen-bond donors (Lipinski definition) is 1. The minimum absolute atomic E-state index is 0.181. The molecule has 2 aromatic carbocycles. The fraction of sp³-hybridized carbons (Fsp3) is 0.0667. The van der Waals surface area contributed by atoms with Gasteiger partial charge in [-0.05, 0) is 0 Å². The summed E-state index contributed by atoms with van der Waals surface area (Å²) in [7, 11) is 0. The maximum atomic E-state index is 11.0. The van der Waals surface area contributed by atoms with Crippen LogP contribution in [0.1, 0.15) is 18.1 Å². The summed E-state index contributed by atoms with van der Waals surface area (Å²) >= 11 is 0. The third-order valence-corrected chi connectivity index (χ3v) is 2.42. The van der Waals surface area contributed by atoms with Crippen molar-refractivity contribution in [2.24, 2.45) is 5.10 Å². The summed E-state index contributed by atoms with van der Waals surface area (Å²) in [5.41, 5.74) is 5.19. The van der Waals surface area contributed by atoms with Crippen molar-refractivity contribution in [3.63, 3.8) is 0 Å². The molecule has 2 rings (SSSR count). The van der Waals surface area contributed by atoms with Gasteiger partial charge in [0, 0.05) is 18.1 Å². The molecule has 0 aliphatic rings. The first-order valence-corrected chi connectivity index (χ1v) is 5.72. The fourth-order valence-corrected chi connectivity index (χ4v) is 1.62. The van der Waals surface area contributed by atoms with Gasteiger partial charge in [0.2, 0.25) is 5.91 Å². The van der Waals surface area contributed by atoms with Gasteiger partial charge in [-0.15, -0.1) is 0 Å². The van der Waals surface area contributed by atoms with E-state index in [9.17, 15) is 4.79 Å². The molecule has 0 fully saturated rings. The van der Waals surface area contributed by atoms with Gasteiger partial charge in [-0.2, -0.15) is 5.10 Å². The molecule has 1 amide bonds. The molecule has 0 saturated carbocycles. The second-order valence-electron chi connectivity index (χ2n) is 3.86. The number of carbonyl (C=O) groups excluding carboxylic acids is 1. The number of carbonyl (C=O) groups is 1. The Morgan fingerprint density at radius 2 is 1.33 bits per heavy atom. The van der Waals surface area contributed by atoms with Gasteiger partial charge in [-0.3, -0.25) is 4.79 Å². The molecule has 0 heterocycles. The second-order valence-corrected chi connectivity index (χ2v) is 3.86. The highest BCUT2D eigenvalue weighted by atomic mass is 16.2. The van der Waals surface area contributed by atoms with E-state index in [2.05, 4.69) is 10.5 Å². The topological polar surface area (TPSA) is 41.5 Å². The molecule has 90 valence electrons. The highest BCUT2D eigenvalue weighted by molar-refractivity contribution is 6.13. The van der Waals surface area contributed by atoms with Crippen LogP contribution < -0.4 is 5.43 Å². The quantitative estimate of drug-likeness (QED) is 0.648. The van der Waals surface area contributed by atoms with E-state index in [1.807, 2.05) is 60.7 Å². The zero-order valence-corrected chi connectivity index (χ0v) is 10.1. The van der Waals surface area contributed by atoms with Crippen molar-refractivity contribution in [2.45, 2.75) is 6.92 Å².